The second-order valence-corrected chi connectivity index (χ2v) is 9.17. The van der Waals surface area contributed by atoms with E-state index in [4.69, 9.17) is 33.3 Å². The summed E-state index contributed by atoms with van der Waals surface area (Å²) in [6.45, 7) is 0. The van der Waals surface area contributed by atoms with Gasteiger partial charge in [-0.3, -0.25) is 0 Å². The van der Waals surface area contributed by atoms with E-state index in [1.807, 2.05) is 101 Å². The Morgan fingerprint density at radius 2 is 1.53 bits per heavy atom. The van der Waals surface area contributed by atoms with Crippen molar-refractivity contribution in [3.8, 4) is 34.3 Å². The SMILES string of the molecule is N#CC(=Cc1cn(-c2ccccc2)nc1-c1ccc(Cl)cc1)c1nc(-c2ccc(Cl)cc2)cs1. The van der Waals surface area contributed by atoms with Crippen LogP contribution in [0.25, 0.3) is 39.9 Å². The smallest absolute Gasteiger partial charge is 0.134 e. The summed E-state index contributed by atoms with van der Waals surface area (Å²) in [4.78, 5) is 4.70. The molecule has 5 rings (SSSR count). The van der Waals surface area contributed by atoms with Gasteiger partial charge in [0.05, 0.1) is 22.6 Å². The minimum atomic E-state index is 0.466. The summed E-state index contributed by atoms with van der Waals surface area (Å²) < 4.78 is 1.81. The second-order valence-electron chi connectivity index (χ2n) is 7.43. The largest absolute Gasteiger partial charge is 0.240 e. The molecule has 2 heterocycles. The molecule has 0 radical (unpaired) electrons. The van der Waals surface area contributed by atoms with Crippen LogP contribution in [-0.2, 0) is 0 Å². The van der Waals surface area contributed by atoms with Gasteiger partial charge in [0.2, 0.25) is 0 Å². The van der Waals surface area contributed by atoms with E-state index in [-0.39, 0.29) is 0 Å². The monoisotopic (exact) mass is 498 g/mol. The first kappa shape index (κ1) is 22.1. The average Bonchev–Trinajstić information content (AvgIpc) is 3.52. The van der Waals surface area contributed by atoms with Crippen LogP contribution in [0.3, 0.4) is 0 Å². The standard InChI is InChI=1S/C27H16Cl2N4S/c28-22-10-6-18(7-11-22)25-17-34-27(31-25)20(15-30)14-21-16-33(24-4-2-1-3-5-24)32-26(21)19-8-12-23(29)13-9-19/h1-14,16-17H. The van der Waals surface area contributed by atoms with Gasteiger partial charge >= 0.3 is 0 Å². The van der Waals surface area contributed by atoms with Gasteiger partial charge in [-0.1, -0.05) is 65.7 Å². The summed E-state index contributed by atoms with van der Waals surface area (Å²) in [5.74, 6) is 0. The van der Waals surface area contributed by atoms with Crippen LogP contribution in [-0.4, -0.2) is 14.8 Å². The summed E-state index contributed by atoms with van der Waals surface area (Å²) in [5, 5.41) is 18.7. The lowest BCUT2D eigenvalue weighted by atomic mass is 10.1. The molecule has 0 aliphatic heterocycles. The number of hydrogen-bond acceptors (Lipinski definition) is 4. The molecule has 0 saturated carbocycles. The third kappa shape index (κ3) is 4.66. The van der Waals surface area contributed by atoms with Gasteiger partial charge in [0.15, 0.2) is 0 Å². The van der Waals surface area contributed by atoms with Gasteiger partial charge in [-0.05, 0) is 42.5 Å². The van der Waals surface area contributed by atoms with Gasteiger partial charge in [-0.25, -0.2) is 9.67 Å². The number of rotatable bonds is 5. The molecule has 0 atom stereocenters. The number of benzene rings is 3. The average molecular weight is 499 g/mol. The Morgan fingerprint density at radius 1 is 0.882 bits per heavy atom. The van der Waals surface area contributed by atoms with Gasteiger partial charge < -0.3 is 0 Å². The number of hydrogen-bond donors (Lipinski definition) is 0. The van der Waals surface area contributed by atoms with Crippen LogP contribution in [0.5, 0.6) is 0 Å². The number of nitriles is 1. The van der Waals surface area contributed by atoms with Crippen molar-refractivity contribution < 1.29 is 0 Å². The predicted octanol–water partition coefficient (Wildman–Crippen LogP) is 8.03. The Balaban J connectivity index is 1.58. The molecule has 2 aromatic heterocycles. The number of halogens is 2. The highest BCUT2D eigenvalue weighted by molar-refractivity contribution is 7.11. The molecule has 0 spiro atoms. The molecule has 0 amide bonds. The van der Waals surface area contributed by atoms with Crippen LogP contribution in [0.2, 0.25) is 10.0 Å². The molecule has 34 heavy (non-hydrogen) atoms. The predicted molar refractivity (Wildman–Crippen MR) is 140 cm³/mol. The molecule has 0 aliphatic rings. The first-order valence-corrected chi connectivity index (χ1v) is 12.0. The zero-order valence-corrected chi connectivity index (χ0v) is 20.0. The number of allylic oxidation sites excluding steroid dienone is 1. The Labute approximate surface area is 211 Å². The summed E-state index contributed by atoms with van der Waals surface area (Å²) in [5.41, 5.74) is 5.61. The molecular formula is C27H16Cl2N4S. The summed E-state index contributed by atoms with van der Waals surface area (Å²) in [6.07, 6.45) is 3.76. The van der Waals surface area contributed by atoms with E-state index in [1.54, 1.807) is 0 Å². The minimum Gasteiger partial charge on any atom is -0.240 e. The highest BCUT2D eigenvalue weighted by atomic mass is 35.5. The normalized spacial score (nSPS) is 11.4. The van der Waals surface area contributed by atoms with Gasteiger partial charge in [-0.15, -0.1) is 11.3 Å². The summed E-state index contributed by atoms with van der Waals surface area (Å²) >= 11 is 13.5. The van der Waals surface area contributed by atoms with Crippen molar-refractivity contribution in [2.24, 2.45) is 0 Å². The molecule has 0 aliphatic carbocycles. The molecule has 4 nitrogen and oxygen atoms in total. The molecule has 0 N–H and O–H groups in total. The third-order valence-corrected chi connectivity index (χ3v) is 6.56. The Morgan fingerprint density at radius 3 is 2.18 bits per heavy atom. The first-order valence-electron chi connectivity index (χ1n) is 10.4. The highest BCUT2D eigenvalue weighted by Crippen LogP contribution is 2.31. The molecule has 3 aromatic carbocycles. The second kappa shape index (κ2) is 9.66. The van der Waals surface area contributed by atoms with E-state index in [1.165, 1.54) is 11.3 Å². The van der Waals surface area contributed by atoms with Crippen molar-refractivity contribution in [1.29, 1.82) is 5.26 Å². The zero-order valence-electron chi connectivity index (χ0n) is 17.7. The van der Waals surface area contributed by atoms with Crippen molar-refractivity contribution in [1.82, 2.24) is 14.8 Å². The van der Waals surface area contributed by atoms with Crippen LogP contribution in [0.15, 0.2) is 90.4 Å². The fraction of sp³-hybridized carbons (Fsp3) is 0. The molecule has 0 saturated heterocycles. The van der Waals surface area contributed by atoms with E-state index in [2.05, 4.69) is 6.07 Å². The Kier molecular flexibility index (Phi) is 6.29. The van der Waals surface area contributed by atoms with Crippen molar-refractivity contribution in [2.75, 3.05) is 0 Å². The van der Waals surface area contributed by atoms with Crippen molar-refractivity contribution >= 4 is 46.2 Å². The van der Waals surface area contributed by atoms with Gasteiger partial charge in [-0.2, -0.15) is 10.4 Å². The van der Waals surface area contributed by atoms with Crippen molar-refractivity contribution in [3.63, 3.8) is 0 Å². The summed E-state index contributed by atoms with van der Waals surface area (Å²) in [7, 11) is 0. The van der Waals surface area contributed by atoms with E-state index >= 15 is 0 Å². The van der Waals surface area contributed by atoms with Crippen LogP contribution in [0.1, 0.15) is 10.6 Å². The topological polar surface area (TPSA) is 54.5 Å². The highest BCUT2D eigenvalue weighted by Gasteiger charge is 2.15. The molecule has 7 heteroatoms. The van der Waals surface area contributed by atoms with Crippen LogP contribution in [0, 0.1) is 11.3 Å². The van der Waals surface area contributed by atoms with Crippen molar-refractivity contribution in [3.05, 3.63) is 111 Å². The maximum atomic E-state index is 9.96. The van der Waals surface area contributed by atoms with E-state index in [9.17, 15) is 5.26 Å². The molecular weight excluding hydrogens is 483 g/mol. The maximum absolute atomic E-state index is 9.96. The molecule has 0 fully saturated rings. The molecule has 5 aromatic rings. The van der Waals surface area contributed by atoms with Gasteiger partial charge in [0.1, 0.15) is 11.1 Å². The fourth-order valence-electron chi connectivity index (χ4n) is 3.49. The molecule has 0 bridgehead atoms. The number of thiazole rings is 1. The van der Waals surface area contributed by atoms with Crippen LogP contribution < -0.4 is 0 Å². The Hall–Kier alpha value is -3.69. The number of nitrogens with zero attached hydrogens (tertiary/aromatic N) is 4. The maximum Gasteiger partial charge on any atom is 0.134 e. The lowest BCUT2D eigenvalue weighted by Crippen LogP contribution is -1.93. The van der Waals surface area contributed by atoms with Gasteiger partial charge in [0.25, 0.3) is 0 Å². The number of para-hydroxylation sites is 1. The van der Waals surface area contributed by atoms with Crippen LogP contribution >= 0.6 is 34.5 Å². The quantitative estimate of drug-likeness (QED) is 0.230. The van der Waals surface area contributed by atoms with Crippen molar-refractivity contribution in [2.45, 2.75) is 0 Å². The van der Waals surface area contributed by atoms with E-state index in [0.29, 0.717) is 20.6 Å². The Bertz CT molecular complexity index is 1510. The molecule has 164 valence electrons. The lowest BCUT2D eigenvalue weighted by Gasteiger charge is -2.01. The first-order chi connectivity index (χ1) is 16.6. The van der Waals surface area contributed by atoms with Crippen LogP contribution in [0.4, 0.5) is 0 Å². The zero-order chi connectivity index (χ0) is 23.5. The lowest BCUT2D eigenvalue weighted by molar-refractivity contribution is 0.884. The molecule has 0 unspecified atom stereocenters. The van der Waals surface area contributed by atoms with E-state index in [0.717, 1.165) is 33.8 Å². The minimum absolute atomic E-state index is 0.466. The van der Waals surface area contributed by atoms with Gasteiger partial charge in [0, 0.05) is 38.3 Å². The third-order valence-electron chi connectivity index (χ3n) is 5.18. The number of aromatic nitrogens is 3. The van der Waals surface area contributed by atoms with E-state index < -0.39 is 0 Å². The fourth-order valence-corrected chi connectivity index (χ4v) is 4.53. The summed E-state index contributed by atoms with van der Waals surface area (Å²) in [6, 6.07) is 27.1.